The quantitative estimate of drug-likeness (QED) is 0.442. The number of para-hydroxylation sites is 1. The van der Waals surface area contributed by atoms with Crippen molar-refractivity contribution in [3.8, 4) is 10.4 Å². The first kappa shape index (κ1) is 22.0. The largest absolute Gasteiger partial charge is 0.350 e. The van der Waals surface area contributed by atoms with Crippen LogP contribution in [0.2, 0.25) is 0 Å². The molecule has 1 N–H and O–H groups in total. The molecule has 1 saturated heterocycles. The minimum Gasteiger partial charge on any atom is -0.350 e. The molecule has 35 heavy (non-hydrogen) atoms. The van der Waals surface area contributed by atoms with Crippen molar-refractivity contribution in [3.05, 3.63) is 76.6 Å². The molecule has 1 aliphatic heterocycles. The Morgan fingerprint density at radius 2 is 1.97 bits per heavy atom. The third-order valence-corrected chi connectivity index (χ3v) is 8.41. The fraction of sp³-hybridized carbons (Fsp3) is 0.321. The highest BCUT2D eigenvalue weighted by Gasteiger charge is 2.54. The number of benzene rings is 2. The maximum absolute atomic E-state index is 13.8. The van der Waals surface area contributed by atoms with Crippen molar-refractivity contribution < 1.29 is 9.59 Å². The summed E-state index contributed by atoms with van der Waals surface area (Å²) in [6.07, 6.45) is 3.00. The molecule has 0 unspecified atom stereocenters. The molecule has 2 fully saturated rings. The summed E-state index contributed by atoms with van der Waals surface area (Å²) in [4.78, 5) is 34.4. The molecule has 0 radical (unpaired) electrons. The van der Waals surface area contributed by atoms with E-state index in [1.807, 2.05) is 66.0 Å². The van der Waals surface area contributed by atoms with Gasteiger partial charge >= 0.3 is 0 Å². The molecule has 6 rings (SSSR count). The van der Waals surface area contributed by atoms with Crippen LogP contribution in [0.5, 0.6) is 0 Å². The summed E-state index contributed by atoms with van der Waals surface area (Å²) in [5.74, 6) is 0.861. The van der Waals surface area contributed by atoms with Gasteiger partial charge in [0.1, 0.15) is 5.69 Å². The number of hydrogen-bond acceptors (Lipinski definition) is 4. The summed E-state index contributed by atoms with van der Waals surface area (Å²) in [5.41, 5.74) is 4.42. The van der Waals surface area contributed by atoms with Gasteiger partial charge in [-0.15, -0.1) is 11.3 Å². The Balaban J connectivity index is 1.23. The molecule has 2 aromatic heterocycles. The first-order chi connectivity index (χ1) is 16.9. The number of nitrogens with one attached hydrogen (secondary N) is 1. The third-order valence-electron chi connectivity index (χ3n) is 7.39. The third kappa shape index (κ3) is 3.84. The lowest BCUT2D eigenvalue weighted by Crippen LogP contribution is -2.45. The molecule has 6 nitrogen and oxygen atoms in total. The van der Waals surface area contributed by atoms with Gasteiger partial charge in [0.25, 0.3) is 11.8 Å². The zero-order valence-electron chi connectivity index (χ0n) is 20.1. The molecule has 0 bridgehead atoms. The normalized spacial score (nSPS) is 20.8. The molecule has 3 heterocycles. The lowest BCUT2D eigenvalue weighted by molar-refractivity contribution is 0.0690. The molecule has 178 valence electrons. The van der Waals surface area contributed by atoms with Gasteiger partial charge in [0.2, 0.25) is 0 Å². The molecule has 2 aliphatic rings. The van der Waals surface area contributed by atoms with Crippen molar-refractivity contribution in [3.63, 3.8) is 0 Å². The van der Waals surface area contributed by atoms with Crippen molar-refractivity contribution in [1.82, 2.24) is 19.8 Å². The number of piperidine rings is 1. The maximum Gasteiger partial charge on any atom is 0.274 e. The average Bonchev–Trinajstić information content (AvgIpc) is 3.18. The van der Waals surface area contributed by atoms with E-state index in [0.29, 0.717) is 29.6 Å². The Labute approximate surface area is 208 Å². The second-order valence-electron chi connectivity index (χ2n) is 9.85. The van der Waals surface area contributed by atoms with Crippen molar-refractivity contribution >= 4 is 34.1 Å². The van der Waals surface area contributed by atoms with E-state index in [1.165, 1.54) is 0 Å². The van der Waals surface area contributed by atoms with E-state index in [2.05, 4.69) is 29.4 Å². The van der Waals surface area contributed by atoms with E-state index in [-0.39, 0.29) is 17.9 Å². The van der Waals surface area contributed by atoms with Gasteiger partial charge in [0, 0.05) is 37.2 Å². The van der Waals surface area contributed by atoms with E-state index in [9.17, 15) is 9.59 Å². The molecule has 2 aromatic carbocycles. The summed E-state index contributed by atoms with van der Waals surface area (Å²) in [6, 6.07) is 16.1. The minimum atomic E-state index is -0.0942. The minimum absolute atomic E-state index is 0.00112. The van der Waals surface area contributed by atoms with Crippen LogP contribution in [0, 0.1) is 25.7 Å². The van der Waals surface area contributed by atoms with Crippen LogP contribution < -0.4 is 5.32 Å². The van der Waals surface area contributed by atoms with Crippen LogP contribution in [-0.2, 0) is 7.05 Å². The van der Waals surface area contributed by atoms with Crippen molar-refractivity contribution in [2.75, 3.05) is 13.1 Å². The number of aryl methyl sites for hydroxylation is 3. The van der Waals surface area contributed by atoms with Crippen molar-refractivity contribution in [2.45, 2.75) is 26.3 Å². The molecule has 7 heteroatoms. The molecule has 4 aromatic rings. The van der Waals surface area contributed by atoms with E-state index < -0.39 is 0 Å². The Morgan fingerprint density at radius 3 is 2.80 bits per heavy atom. The summed E-state index contributed by atoms with van der Waals surface area (Å²) < 4.78 is 1.98. The average molecular weight is 485 g/mol. The predicted octanol–water partition coefficient (Wildman–Crippen LogP) is 4.81. The number of rotatable bonds is 5. The molecule has 1 saturated carbocycles. The van der Waals surface area contributed by atoms with Crippen LogP contribution in [0.3, 0.4) is 0 Å². The van der Waals surface area contributed by atoms with Gasteiger partial charge < -0.3 is 14.8 Å². The summed E-state index contributed by atoms with van der Waals surface area (Å²) in [5, 5.41) is 4.96. The van der Waals surface area contributed by atoms with Crippen LogP contribution in [0.4, 0.5) is 0 Å². The Hall–Kier alpha value is -3.45. The zero-order chi connectivity index (χ0) is 24.3. The number of aromatic nitrogens is 2. The molecule has 0 spiro atoms. The fourth-order valence-corrected chi connectivity index (χ4v) is 6.48. The molecule has 1 aliphatic carbocycles. The van der Waals surface area contributed by atoms with Gasteiger partial charge in [-0.05, 0) is 43.7 Å². The number of carbonyl (C=O) groups is 2. The Morgan fingerprint density at radius 1 is 1.14 bits per heavy atom. The zero-order valence-corrected chi connectivity index (χ0v) is 20.9. The highest BCUT2D eigenvalue weighted by molar-refractivity contribution is 7.15. The topological polar surface area (TPSA) is 67.2 Å². The van der Waals surface area contributed by atoms with E-state index in [4.69, 9.17) is 0 Å². The number of fused-ring (bicyclic) bond motifs is 2. The Kier molecular flexibility index (Phi) is 5.25. The number of amides is 2. The standard InChI is InChI=1S/C28H28N4O2S/c1-16-7-6-8-18(11-16)26-25(30-17(2)35-26)28(34)32-14-19-12-21(19)24(32)13-29-27(33)22-15-31(3)23-10-5-4-9-20(22)23/h4-11,15,19,21,24H,12-14H2,1-3H3,(H,29,33)/t19-,21-,24+/m0/s1. The van der Waals surface area contributed by atoms with Crippen molar-refractivity contribution in [1.29, 1.82) is 0 Å². The molecular formula is C28H28N4O2S. The summed E-state index contributed by atoms with van der Waals surface area (Å²) >= 11 is 1.56. The van der Waals surface area contributed by atoms with Crippen LogP contribution >= 0.6 is 11.3 Å². The van der Waals surface area contributed by atoms with E-state index in [0.717, 1.165) is 44.9 Å². The number of carbonyl (C=O) groups excluding carboxylic acids is 2. The van der Waals surface area contributed by atoms with Gasteiger partial charge in [0.05, 0.1) is 21.5 Å². The van der Waals surface area contributed by atoms with Gasteiger partial charge in [-0.2, -0.15) is 0 Å². The first-order valence-electron chi connectivity index (χ1n) is 12.1. The molecule has 3 atom stereocenters. The summed E-state index contributed by atoms with van der Waals surface area (Å²) in [7, 11) is 1.95. The van der Waals surface area contributed by atoms with E-state index in [1.54, 1.807) is 11.3 Å². The van der Waals surface area contributed by atoms with Gasteiger partial charge in [-0.25, -0.2) is 4.98 Å². The van der Waals surface area contributed by atoms with Gasteiger partial charge in [-0.1, -0.05) is 48.0 Å². The number of nitrogens with zero attached hydrogens (tertiary/aromatic N) is 3. The maximum atomic E-state index is 13.8. The highest BCUT2D eigenvalue weighted by Crippen LogP contribution is 2.50. The lowest BCUT2D eigenvalue weighted by Gasteiger charge is -2.27. The van der Waals surface area contributed by atoms with E-state index >= 15 is 0 Å². The number of hydrogen-bond donors (Lipinski definition) is 1. The second kappa shape index (κ2) is 8.34. The summed E-state index contributed by atoms with van der Waals surface area (Å²) in [6.45, 7) is 5.20. The van der Waals surface area contributed by atoms with Gasteiger partial charge in [-0.3, -0.25) is 9.59 Å². The Bertz CT molecular complexity index is 1470. The monoisotopic (exact) mass is 484 g/mol. The SMILES string of the molecule is Cc1cccc(-c2sc(C)nc2C(=O)N2C[C@@H]3C[C@@H]3[C@H]2CNC(=O)c2cn(C)c3ccccc23)c1. The number of thiazole rings is 1. The highest BCUT2D eigenvalue weighted by atomic mass is 32.1. The van der Waals surface area contributed by atoms with Crippen LogP contribution in [-0.4, -0.2) is 45.4 Å². The van der Waals surface area contributed by atoms with Gasteiger partial charge in [0.15, 0.2) is 0 Å². The van der Waals surface area contributed by atoms with Crippen LogP contribution in [0.1, 0.15) is 37.8 Å². The molecular weight excluding hydrogens is 456 g/mol. The second-order valence-corrected chi connectivity index (χ2v) is 11.0. The molecule has 2 amide bonds. The first-order valence-corrected chi connectivity index (χ1v) is 12.9. The smallest absolute Gasteiger partial charge is 0.274 e. The van der Waals surface area contributed by atoms with Crippen molar-refractivity contribution in [2.24, 2.45) is 18.9 Å². The number of likely N-dealkylation sites (tertiary alicyclic amines) is 1. The lowest BCUT2D eigenvalue weighted by atomic mass is 10.1. The predicted molar refractivity (Wildman–Crippen MR) is 139 cm³/mol. The van der Waals surface area contributed by atoms with Crippen LogP contribution in [0.25, 0.3) is 21.3 Å². The van der Waals surface area contributed by atoms with Crippen LogP contribution in [0.15, 0.2) is 54.7 Å². The fourth-order valence-electron chi connectivity index (χ4n) is 5.57.